The average Bonchev–Trinajstić information content (AvgIpc) is 3.87. The van der Waals surface area contributed by atoms with Gasteiger partial charge in [0.05, 0.1) is 5.25 Å². The molecule has 0 aromatic heterocycles. The van der Waals surface area contributed by atoms with Gasteiger partial charge in [-0.2, -0.15) is 0 Å². The van der Waals surface area contributed by atoms with Crippen LogP contribution >= 0.6 is 0 Å². The van der Waals surface area contributed by atoms with E-state index in [1.807, 2.05) is 20.8 Å². The molecule has 8 fully saturated rings. The zero-order valence-corrected chi connectivity index (χ0v) is 33.2. The van der Waals surface area contributed by atoms with Gasteiger partial charge in [0.2, 0.25) is 33.7 Å². The highest BCUT2D eigenvalue weighted by atomic mass is 32.2. The van der Waals surface area contributed by atoms with Crippen molar-refractivity contribution in [1.29, 1.82) is 0 Å². The highest BCUT2D eigenvalue weighted by Gasteiger charge is 2.85. The molecule has 0 radical (unpaired) electrons. The average molecular weight is 756 g/mol. The minimum absolute atomic E-state index is 0.00879. The normalized spacial score (nSPS) is 34.1. The van der Waals surface area contributed by atoms with Gasteiger partial charge in [0.25, 0.3) is 5.91 Å². The summed E-state index contributed by atoms with van der Waals surface area (Å²) in [4.78, 5) is 72.6. The summed E-state index contributed by atoms with van der Waals surface area (Å²) in [5.41, 5.74) is -2.40. The zero-order chi connectivity index (χ0) is 37.9. The first-order valence-electron chi connectivity index (χ1n) is 20.7. The third-order valence-corrected chi connectivity index (χ3v) is 17.4. The molecule has 1 aliphatic heterocycles. The number of carbonyl (C=O) groups is 5. The number of likely N-dealkylation sites (tertiary alicyclic amines) is 1. The van der Waals surface area contributed by atoms with Gasteiger partial charge >= 0.3 is 0 Å². The third kappa shape index (κ3) is 6.12. The Morgan fingerprint density at radius 3 is 1.96 bits per heavy atom. The molecule has 7 aliphatic carbocycles. The van der Waals surface area contributed by atoms with E-state index in [0.717, 1.165) is 77.0 Å². The van der Waals surface area contributed by atoms with E-state index in [9.17, 15) is 27.6 Å². The van der Waals surface area contributed by atoms with Gasteiger partial charge in [0.15, 0.2) is 0 Å². The number of nitrogens with one attached hydrogen (secondary N) is 4. The molecular formula is C40H61N5O7S. The van der Waals surface area contributed by atoms with E-state index in [4.69, 9.17) is 0 Å². The molecule has 294 valence electrons. The van der Waals surface area contributed by atoms with Crippen molar-refractivity contribution < 1.29 is 32.4 Å². The fourth-order valence-corrected chi connectivity index (χ4v) is 12.8. The lowest BCUT2D eigenvalue weighted by molar-refractivity contribution is -0.145. The molecular weight excluding hydrogens is 695 g/mol. The van der Waals surface area contributed by atoms with Gasteiger partial charge < -0.3 is 20.9 Å². The van der Waals surface area contributed by atoms with Crippen LogP contribution in [0.15, 0.2) is 0 Å². The molecule has 0 aromatic rings. The maximum atomic E-state index is 15.1. The number of hydrogen-bond acceptors (Lipinski definition) is 7. The predicted octanol–water partition coefficient (Wildman–Crippen LogP) is 3.68. The maximum Gasteiger partial charge on any atom is 0.259 e. The molecule has 13 heteroatoms. The predicted molar refractivity (Wildman–Crippen MR) is 197 cm³/mol. The molecule has 0 unspecified atom stereocenters. The molecule has 7 saturated carbocycles. The number of nitrogens with zero attached hydrogens (tertiary/aromatic N) is 1. The summed E-state index contributed by atoms with van der Waals surface area (Å²) >= 11 is 0. The van der Waals surface area contributed by atoms with Crippen molar-refractivity contribution in [2.24, 2.45) is 45.3 Å². The fraction of sp³-hybridized carbons (Fsp3) is 0.875. The Hall–Kier alpha value is -2.70. The first-order valence-corrected chi connectivity index (χ1v) is 22.2. The van der Waals surface area contributed by atoms with Gasteiger partial charge in [-0.05, 0) is 111 Å². The van der Waals surface area contributed by atoms with Gasteiger partial charge in [0, 0.05) is 17.9 Å². The molecule has 4 N–H and O–H groups in total. The van der Waals surface area contributed by atoms with E-state index < -0.39 is 56.2 Å². The fourth-order valence-electron chi connectivity index (χ4n) is 11.4. The lowest BCUT2D eigenvalue weighted by Crippen LogP contribution is -2.62. The van der Waals surface area contributed by atoms with Crippen molar-refractivity contribution in [2.45, 2.75) is 166 Å². The number of hydrogen-bond donors (Lipinski definition) is 4. The lowest BCUT2D eigenvalue weighted by atomic mass is 9.73. The second-order valence-electron chi connectivity index (χ2n) is 20.1. The van der Waals surface area contributed by atoms with Crippen LogP contribution in [0.2, 0.25) is 0 Å². The van der Waals surface area contributed by atoms with Gasteiger partial charge in [-0.15, -0.1) is 0 Å². The molecule has 1 saturated heterocycles. The molecule has 1 heterocycles. The quantitative estimate of drug-likeness (QED) is 0.236. The zero-order valence-electron chi connectivity index (χ0n) is 32.4. The Labute approximate surface area is 314 Å². The maximum absolute atomic E-state index is 15.1. The summed E-state index contributed by atoms with van der Waals surface area (Å²) in [6.45, 7) is 10.6. The van der Waals surface area contributed by atoms with Crippen LogP contribution in [-0.2, 0) is 34.0 Å². The SMILES string of the molecule is CC(C)(C)[C@H](NC(=O)[C@@H](NC(=O)C1CC1)C1CCCCC1)C(=O)N1C[C@]2(C[C@H]1C(=O)N[C@]1(C(=O)NS(=O)(=O)C3CC3)C[C@H]1C1CC1)C(C)(C)C21CCC1. The number of rotatable bonds is 12. The summed E-state index contributed by atoms with van der Waals surface area (Å²) in [6.07, 6.45) is 13.3. The molecule has 0 aromatic carbocycles. The Balaban J connectivity index is 1.07. The van der Waals surface area contributed by atoms with Gasteiger partial charge in [-0.1, -0.05) is 60.3 Å². The Morgan fingerprint density at radius 1 is 0.774 bits per heavy atom. The summed E-state index contributed by atoms with van der Waals surface area (Å²) in [6, 6.07) is -2.58. The molecule has 2 spiro atoms. The van der Waals surface area contributed by atoms with E-state index in [1.165, 1.54) is 0 Å². The van der Waals surface area contributed by atoms with Gasteiger partial charge in [-0.25, -0.2) is 8.42 Å². The molecule has 53 heavy (non-hydrogen) atoms. The van der Waals surface area contributed by atoms with Crippen molar-refractivity contribution in [3.8, 4) is 0 Å². The third-order valence-electron chi connectivity index (χ3n) is 15.6. The van der Waals surface area contributed by atoms with Crippen molar-refractivity contribution in [3.05, 3.63) is 0 Å². The molecule has 0 bridgehead atoms. The minimum atomic E-state index is -3.82. The Bertz CT molecular complexity index is 1680. The van der Waals surface area contributed by atoms with Crippen molar-refractivity contribution in [2.75, 3.05) is 6.54 Å². The first-order chi connectivity index (χ1) is 24.9. The van der Waals surface area contributed by atoms with E-state index in [-0.39, 0.29) is 57.6 Å². The van der Waals surface area contributed by atoms with Crippen molar-refractivity contribution in [3.63, 3.8) is 0 Å². The number of fused-ring (bicyclic) bond motifs is 1. The van der Waals surface area contributed by atoms with Crippen LogP contribution in [0.25, 0.3) is 0 Å². The molecule has 8 rings (SSSR count). The molecule has 5 amide bonds. The van der Waals surface area contributed by atoms with Crippen molar-refractivity contribution in [1.82, 2.24) is 25.6 Å². The van der Waals surface area contributed by atoms with Gasteiger partial charge in [0.1, 0.15) is 23.7 Å². The summed E-state index contributed by atoms with van der Waals surface area (Å²) in [7, 11) is -3.82. The highest BCUT2D eigenvalue weighted by molar-refractivity contribution is 7.91. The monoisotopic (exact) mass is 755 g/mol. The van der Waals surface area contributed by atoms with Gasteiger partial charge in [-0.3, -0.25) is 28.7 Å². The number of amides is 5. The largest absolute Gasteiger partial charge is 0.344 e. The lowest BCUT2D eigenvalue weighted by Gasteiger charge is -2.38. The minimum Gasteiger partial charge on any atom is -0.344 e. The Morgan fingerprint density at radius 2 is 1.43 bits per heavy atom. The molecule has 6 atom stereocenters. The number of sulfonamides is 1. The number of carbonyl (C=O) groups excluding carboxylic acids is 5. The standard InChI is InChI=1S/C40H61N5O7S/c1-36(2,3)30(42-33(48)29(24-10-7-6-8-11-24)41-31(46)25-14-15-25)34(49)45-22-39(37(4,5)38(39)18-9-19-38)21-28(45)32(47)43-40(20-27(40)23-12-13-23)35(50)44-53(51,52)26-16-17-26/h23-30H,6-22H2,1-5H3,(H,41,46)(H,42,48)(H,43,47)(H,44,50)/t27-,28-,29-,30+,39+,40+/m0/s1. The van der Waals surface area contributed by atoms with Crippen LogP contribution in [0.1, 0.15) is 137 Å². The summed E-state index contributed by atoms with van der Waals surface area (Å²) in [5.74, 6) is -1.81. The summed E-state index contributed by atoms with van der Waals surface area (Å²) < 4.78 is 28.1. The molecule has 12 nitrogen and oxygen atoms in total. The van der Waals surface area contributed by atoms with Crippen molar-refractivity contribution >= 4 is 39.6 Å². The Kier molecular flexibility index (Phi) is 8.71. The van der Waals surface area contributed by atoms with E-state index >= 15 is 4.79 Å². The van der Waals surface area contributed by atoms with Crippen LogP contribution in [0.5, 0.6) is 0 Å². The van der Waals surface area contributed by atoms with Crippen LogP contribution in [0.3, 0.4) is 0 Å². The topological polar surface area (TPSA) is 171 Å². The van der Waals surface area contributed by atoms with E-state index in [0.29, 0.717) is 32.2 Å². The highest BCUT2D eigenvalue weighted by Crippen LogP contribution is 2.88. The second-order valence-corrected chi connectivity index (χ2v) is 22.0. The van der Waals surface area contributed by atoms with Crippen LogP contribution < -0.4 is 20.7 Å². The first kappa shape index (κ1) is 37.2. The van der Waals surface area contributed by atoms with Crippen LogP contribution in [0, 0.1) is 45.3 Å². The van der Waals surface area contributed by atoms with Crippen LogP contribution in [0.4, 0.5) is 0 Å². The smallest absolute Gasteiger partial charge is 0.259 e. The second kappa shape index (κ2) is 12.4. The molecule has 8 aliphatic rings. The van der Waals surface area contributed by atoms with Crippen LogP contribution in [-0.4, -0.2) is 78.3 Å². The summed E-state index contributed by atoms with van der Waals surface area (Å²) in [5, 5.41) is 8.69. The van der Waals surface area contributed by atoms with E-state index in [1.54, 1.807) is 4.90 Å². The van der Waals surface area contributed by atoms with E-state index in [2.05, 4.69) is 34.5 Å².